The molecule has 0 aromatic carbocycles. The van der Waals surface area contributed by atoms with Crippen LogP contribution in [0.4, 0.5) is 0 Å². The lowest BCUT2D eigenvalue weighted by Crippen LogP contribution is -2.50. The number of nitrogens with zero attached hydrogens (tertiary/aromatic N) is 3. The van der Waals surface area contributed by atoms with Gasteiger partial charge in [-0.3, -0.25) is 14.6 Å². The van der Waals surface area contributed by atoms with Crippen LogP contribution < -0.4 is 11.1 Å². The van der Waals surface area contributed by atoms with Gasteiger partial charge in [-0.2, -0.15) is 0 Å². The van der Waals surface area contributed by atoms with Gasteiger partial charge in [-0.1, -0.05) is 5.16 Å². The molecule has 2 rings (SSSR count). The van der Waals surface area contributed by atoms with E-state index in [2.05, 4.69) is 15.5 Å². The molecule has 2 amide bonds. The number of carboxylic acid groups (broad SMARTS) is 1. The zero-order valence-electron chi connectivity index (χ0n) is 15.4. The van der Waals surface area contributed by atoms with Crippen molar-refractivity contribution in [3.8, 4) is 0 Å². The summed E-state index contributed by atoms with van der Waals surface area (Å²) in [7, 11) is 0. The normalized spacial score (nSPS) is 16.5. The van der Waals surface area contributed by atoms with Crippen molar-refractivity contribution in [2.24, 2.45) is 10.9 Å². The van der Waals surface area contributed by atoms with Crippen molar-refractivity contribution < 1.29 is 29.4 Å². The van der Waals surface area contributed by atoms with E-state index in [1.54, 1.807) is 11.8 Å². The summed E-state index contributed by atoms with van der Waals surface area (Å²) in [4.78, 5) is 40.9. The standard InChI is InChI=1S/C17H23N5O6/c1-10(17(26)22-6-4-12(5-7-22)28-9-14(23)24)20-16(25)13-3-2-11(8-19-13)15(18)21-27/h2-3,8,10,12,27H,4-7,9H2,1H3,(H2,18,21)(H,20,25)(H,23,24). The van der Waals surface area contributed by atoms with Crippen LogP contribution in [0.2, 0.25) is 0 Å². The first-order chi connectivity index (χ1) is 13.3. The van der Waals surface area contributed by atoms with Gasteiger partial charge in [0.25, 0.3) is 5.91 Å². The van der Waals surface area contributed by atoms with Crippen molar-refractivity contribution in [1.29, 1.82) is 0 Å². The maximum Gasteiger partial charge on any atom is 0.329 e. The minimum absolute atomic E-state index is 0.0925. The van der Waals surface area contributed by atoms with Gasteiger partial charge in [0, 0.05) is 24.8 Å². The topological polar surface area (TPSA) is 167 Å². The molecule has 11 heteroatoms. The zero-order chi connectivity index (χ0) is 20.7. The molecule has 5 N–H and O–H groups in total. The third-order valence-corrected chi connectivity index (χ3v) is 4.31. The first kappa shape index (κ1) is 21.1. The lowest BCUT2D eigenvalue weighted by atomic mass is 10.1. The van der Waals surface area contributed by atoms with Crippen LogP contribution in [0.5, 0.6) is 0 Å². The number of carboxylic acids is 1. The van der Waals surface area contributed by atoms with Crippen LogP contribution in [0, 0.1) is 0 Å². The minimum atomic E-state index is -1.03. The van der Waals surface area contributed by atoms with Gasteiger partial charge in [-0.25, -0.2) is 4.79 Å². The summed E-state index contributed by atoms with van der Waals surface area (Å²) >= 11 is 0. The van der Waals surface area contributed by atoms with E-state index in [0.717, 1.165) is 0 Å². The predicted molar refractivity (Wildman–Crippen MR) is 96.9 cm³/mol. The number of carbonyl (C=O) groups is 3. The Labute approximate surface area is 161 Å². The van der Waals surface area contributed by atoms with Crippen LogP contribution in [0.25, 0.3) is 0 Å². The third-order valence-electron chi connectivity index (χ3n) is 4.31. The van der Waals surface area contributed by atoms with Crippen molar-refractivity contribution in [2.45, 2.75) is 31.9 Å². The molecule has 1 saturated heterocycles. The Kier molecular flexibility index (Phi) is 7.27. The highest BCUT2D eigenvalue weighted by molar-refractivity contribution is 5.99. The number of carbonyl (C=O) groups excluding carboxylic acids is 2. The highest BCUT2D eigenvalue weighted by Gasteiger charge is 2.27. The van der Waals surface area contributed by atoms with Crippen LogP contribution in [0.1, 0.15) is 35.8 Å². The monoisotopic (exact) mass is 393 g/mol. The molecule has 0 radical (unpaired) electrons. The van der Waals surface area contributed by atoms with E-state index < -0.39 is 17.9 Å². The Bertz CT molecular complexity index is 743. The van der Waals surface area contributed by atoms with Gasteiger partial charge in [0.15, 0.2) is 5.84 Å². The zero-order valence-corrected chi connectivity index (χ0v) is 15.4. The number of nitrogens with two attached hydrogens (primary N) is 1. The summed E-state index contributed by atoms with van der Waals surface area (Å²) in [5.41, 5.74) is 5.89. The molecule has 1 atom stereocenters. The number of aromatic nitrogens is 1. The summed E-state index contributed by atoms with van der Waals surface area (Å²) < 4.78 is 5.24. The van der Waals surface area contributed by atoms with Gasteiger partial charge >= 0.3 is 5.97 Å². The summed E-state index contributed by atoms with van der Waals surface area (Å²) in [5.74, 6) is -1.91. The first-order valence-corrected chi connectivity index (χ1v) is 8.68. The SMILES string of the molecule is CC(NC(=O)c1ccc(/C(N)=N/O)cn1)C(=O)N1CCC(OCC(=O)O)CC1. The molecule has 1 aliphatic rings. The van der Waals surface area contributed by atoms with E-state index >= 15 is 0 Å². The highest BCUT2D eigenvalue weighted by Crippen LogP contribution is 2.14. The number of pyridine rings is 1. The van der Waals surface area contributed by atoms with E-state index in [9.17, 15) is 14.4 Å². The number of hydrogen-bond acceptors (Lipinski definition) is 7. The summed E-state index contributed by atoms with van der Waals surface area (Å²) in [6.07, 6.45) is 2.17. The van der Waals surface area contributed by atoms with Crippen LogP contribution in [-0.4, -0.2) is 75.7 Å². The van der Waals surface area contributed by atoms with Crippen LogP contribution in [0.3, 0.4) is 0 Å². The molecule has 2 heterocycles. The van der Waals surface area contributed by atoms with Crippen molar-refractivity contribution >= 4 is 23.6 Å². The molecule has 0 saturated carbocycles. The van der Waals surface area contributed by atoms with E-state index in [1.807, 2.05) is 0 Å². The fourth-order valence-electron chi connectivity index (χ4n) is 2.78. The molecule has 0 spiro atoms. The Balaban J connectivity index is 1.85. The number of ether oxygens (including phenoxy) is 1. The van der Waals surface area contributed by atoms with Crippen LogP contribution in [-0.2, 0) is 14.3 Å². The maximum atomic E-state index is 12.5. The first-order valence-electron chi connectivity index (χ1n) is 8.68. The molecule has 1 fully saturated rings. The van der Waals surface area contributed by atoms with Crippen molar-refractivity contribution in [1.82, 2.24) is 15.2 Å². The number of hydrogen-bond donors (Lipinski definition) is 4. The van der Waals surface area contributed by atoms with Gasteiger partial charge in [-0.05, 0) is 31.9 Å². The smallest absolute Gasteiger partial charge is 0.329 e. The van der Waals surface area contributed by atoms with Crippen LogP contribution in [0.15, 0.2) is 23.5 Å². The molecular formula is C17H23N5O6. The highest BCUT2D eigenvalue weighted by atomic mass is 16.5. The lowest BCUT2D eigenvalue weighted by Gasteiger charge is -2.33. The lowest BCUT2D eigenvalue weighted by molar-refractivity contribution is -0.147. The van der Waals surface area contributed by atoms with E-state index in [0.29, 0.717) is 31.5 Å². The molecule has 0 aliphatic carbocycles. The second kappa shape index (κ2) is 9.65. The molecule has 0 bridgehead atoms. The fourth-order valence-corrected chi connectivity index (χ4v) is 2.78. The van der Waals surface area contributed by atoms with Gasteiger partial charge in [0.2, 0.25) is 5.91 Å². The maximum absolute atomic E-state index is 12.5. The molecule has 1 aromatic rings. The molecule has 11 nitrogen and oxygen atoms in total. The van der Waals surface area contributed by atoms with Crippen molar-refractivity contribution in [3.05, 3.63) is 29.6 Å². The molecule has 152 valence electrons. The molecule has 1 unspecified atom stereocenters. The van der Waals surface area contributed by atoms with Crippen LogP contribution >= 0.6 is 0 Å². The Morgan fingerprint density at radius 3 is 2.61 bits per heavy atom. The molecular weight excluding hydrogens is 370 g/mol. The van der Waals surface area contributed by atoms with E-state index in [4.69, 9.17) is 20.8 Å². The van der Waals surface area contributed by atoms with E-state index in [1.165, 1.54) is 18.3 Å². The Hall–Kier alpha value is -3.21. The van der Waals surface area contributed by atoms with Gasteiger partial charge in [-0.15, -0.1) is 0 Å². The number of amidine groups is 1. The average Bonchev–Trinajstić information content (AvgIpc) is 2.71. The number of aliphatic carboxylic acids is 1. The van der Waals surface area contributed by atoms with Gasteiger partial charge in [0.1, 0.15) is 18.3 Å². The number of piperidine rings is 1. The summed E-state index contributed by atoms with van der Waals surface area (Å²) in [5, 5.41) is 22.7. The second-order valence-electron chi connectivity index (χ2n) is 6.34. The number of oxime groups is 1. The number of rotatable bonds is 7. The van der Waals surface area contributed by atoms with Crippen molar-refractivity contribution in [3.63, 3.8) is 0 Å². The predicted octanol–water partition coefficient (Wildman–Crippen LogP) is -0.613. The van der Waals surface area contributed by atoms with Gasteiger partial charge < -0.3 is 31.0 Å². The quantitative estimate of drug-likeness (QED) is 0.206. The number of nitrogens with one attached hydrogen (secondary N) is 1. The fraction of sp³-hybridized carbons (Fsp3) is 0.471. The largest absolute Gasteiger partial charge is 0.480 e. The summed E-state index contributed by atoms with van der Waals surface area (Å²) in [6.45, 7) is 2.08. The summed E-state index contributed by atoms with van der Waals surface area (Å²) in [6, 6.07) is 2.13. The average molecular weight is 393 g/mol. The second-order valence-corrected chi connectivity index (χ2v) is 6.34. The minimum Gasteiger partial charge on any atom is -0.480 e. The Morgan fingerprint density at radius 2 is 2.07 bits per heavy atom. The van der Waals surface area contributed by atoms with Gasteiger partial charge in [0.05, 0.1) is 6.10 Å². The third kappa shape index (κ3) is 5.64. The molecule has 1 aromatic heterocycles. The number of likely N-dealkylation sites (tertiary alicyclic amines) is 1. The number of amides is 2. The molecule has 1 aliphatic heterocycles. The van der Waals surface area contributed by atoms with Crippen molar-refractivity contribution in [2.75, 3.05) is 19.7 Å². The Morgan fingerprint density at radius 1 is 1.39 bits per heavy atom. The molecule has 28 heavy (non-hydrogen) atoms. The van der Waals surface area contributed by atoms with E-state index in [-0.39, 0.29) is 30.1 Å².